The second-order valence-corrected chi connectivity index (χ2v) is 5.36. The maximum atomic E-state index is 10.1. The third-order valence-corrected chi connectivity index (χ3v) is 3.77. The second-order valence-electron chi connectivity index (χ2n) is 4.48. The van der Waals surface area contributed by atoms with Crippen molar-refractivity contribution in [3.05, 3.63) is 29.8 Å². The molecule has 1 unspecified atom stereocenters. The van der Waals surface area contributed by atoms with E-state index in [0.29, 0.717) is 19.8 Å². The third kappa shape index (κ3) is 3.71. The lowest BCUT2D eigenvalue weighted by Gasteiger charge is -2.20. The predicted molar refractivity (Wildman–Crippen MR) is 70.3 cm³/mol. The summed E-state index contributed by atoms with van der Waals surface area (Å²) in [6.07, 6.45) is 2.80. The Morgan fingerprint density at radius 2 is 2.18 bits per heavy atom. The van der Waals surface area contributed by atoms with Crippen LogP contribution >= 0.6 is 11.8 Å². The van der Waals surface area contributed by atoms with Gasteiger partial charge in [-0.05, 0) is 24.0 Å². The van der Waals surface area contributed by atoms with E-state index in [4.69, 9.17) is 4.74 Å². The van der Waals surface area contributed by atoms with Gasteiger partial charge in [0.1, 0.15) is 5.60 Å². The van der Waals surface area contributed by atoms with Crippen molar-refractivity contribution in [2.24, 2.45) is 0 Å². The Hall–Kier alpha value is -0.550. The smallest absolute Gasteiger partial charge is 0.102 e. The van der Waals surface area contributed by atoms with Crippen LogP contribution in [0.2, 0.25) is 0 Å². The van der Waals surface area contributed by atoms with Crippen molar-refractivity contribution in [3.63, 3.8) is 0 Å². The summed E-state index contributed by atoms with van der Waals surface area (Å²) in [5, 5.41) is 13.3. The van der Waals surface area contributed by atoms with Crippen LogP contribution in [-0.4, -0.2) is 36.7 Å². The van der Waals surface area contributed by atoms with E-state index in [1.54, 1.807) is 11.8 Å². The standard InChI is InChI=1S/C13H19NO2S/c1-17-12-4-2-11(3-5-12)8-14-9-13(15)6-7-16-10-13/h2-5,14-15H,6-10H2,1H3. The number of thioether (sulfide) groups is 1. The van der Waals surface area contributed by atoms with Crippen molar-refractivity contribution < 1.29 is 9.84 Å². The molecule has 0 aromatic heterocycles. The van der Waals surface area contributed by atoms with Crippen molar-refractivity contribution in [3.8, 4) is 0 Å². The summed E-state index contributed by atoms with van der Waals surface area (Å²) in [5.74, 6) is 0. The Labute approximate surface area is 107 Å². The molecule has 0 radical (unpaired) electrons. The van der Waals surface area contributed by atoms with Crippen LogP contribution in [0.15, 0.2) is 29.2 Å². The zero-order valence-electron chi connectivity index (χ0n) is 10.1. The molecule has 2 N–H and O–H groups in total. The minimum absolute atomic E-state index is 0.450. The number of nitrogens with one attached hydrogen (secondary N) is 1. The highest BCUT2D eigenvalue weighted by Crippen LogP contribution is 2.18. The first-order valence-corrected chi connectivity index (χ1v) is 7.08. The van der Waals surface area contributed by atoms with Gasteiger partial charge in [0.15, 0.2) is 0 Å². The molecule has 1 aliphatic heterocycles. The van der Waals surface area contributed by atoms with E-state index in [0.717, 1.165) is 13.0 Å². The topological polar surface area (TPSA) is 41.5 Å². The molecule has 1 aromatic rings. The SMILES string of the molecule is CSc1ccc(CNCC2(O)CCOC2)cc1. The summed E-state index contributed by atoms with van der Waals surface area (Å²) in [5.41, 5.74) is 0.574. The average molecular weight is 253 g/mol. The van der Waals surface area contributed by atoms with Crippen LogP contribution in [-0.2, 0) is 11.3 Å². The quantitative estimate of drug-likeness (QED) is 0.783. The van der Waals surface area contributed by atoms with Crippen LogP contribution in [0.25, 0.3) is 0 Å². The van der Waals surface area contributed by atoms with Crippen LogP contribution in [0, 0.1) is 0 Å². The molecule has 0 spiro atoms. The summed E-state index contributed by atoms with van der Waals surface area (Å²) >= 11 is 1.74. The molecule has 1 atom stereocenters. The normalized spacial score (nSPS) is 24.1. The molecule has 3 nitrogen and oxygen atoms in total. The van der Waals surface area contributed by atoms with Crippen LogP contribution in [0.5, 0.6) is 0 Å². The van der Waals surface area contributed by atoms with Gasteiger partial charge in [0.25, 0.3) is 0 Å². The molecule has 0 bridgehead atoms. The number of rotatable bonds is 5. The first kappa shape index (κ1) is 12.9. The van der Waals surface area contributed by atoms with E-state index in [1.165, 1.54) is 10.5 Å². The molecule has 1 saturated heterocycles. The predicted octanol–water partition coefficient (Wildman–Crippen LogP) is 1.65. The molecule has 0 amide bonds. The third-order valence-electron chi connectivity index (χ3n) is 3.02. The Kier molecular flexibility index (Phi) is 4.45. The number of ether oxygens (including phenoxy) is 1. The fraction of sp³-hybridized carbons (Fsp3) is 0.538. The van der Waals surface area contributed by atoms with Gasteiger partial charge in [-0.25, -0.2) is 0 Å². The Morgan fingerprint density at radius 3 is 2.76 bits per heavy atom. The molecular formula is C13H19NO2S. The molecule has 17 heavy (non-hydrogen) atoms. The largest absolute Gasteiger partial charge is 0.386 e. The van der Waals surface area contributed by atoms with Crippen LogP contribution in [0.1, 0.15) is 12.0 Å². The summed E-state index contributed by atoms with van der Waals surface area (Å²) < 4.78 is 5.20. The highest BCUT2D eigenvalue weighted by molar-refractivity contribution is 7.98. The lowest BCUT2D eigenvalue weighted by molar-refractivity contribution is 0.0268. The minimum Gasteiger partial charge on any atom is -0.386 e. The lowest BCUT2D eigenvalue weighted by atomic mass is 10.0. The fourth-order valence-electron chi connectivity index (χ4n) is 1.92. The van der Waals surface area contributed by atoms with Crippen molar-refractivity contribution in [2.75, 3.05) is 26.0 Å². The molecule has 1 fully saturated rings. The van der Waals surface area contributed by atoms with E-state index in [1.807, 2.05) is 0 Å². The van der Waals surface area contributed by atoms with Gasteiger partial charge in [0.05, 0.1) is 6.61 Å². The highest BCUT2D eigenvalue weighted by Gasteiger charge is 2.31. The molecule has 1 aliphatic rings. The fourth-order valence-corrected chi connectivity index (χ4v) is 2.33. The summed E-state index contributed by atoms with van der Waals surface area (Å²) in [6, 6.07) is 8.48. The first-order valence-electron chi connectivity index (χ1n) is 5.86. The van der Waals surface area contributed by atoms with Crippen molar-refractivity contribution in [2.45, 2.75) is 23.5 Å². The molecular weight excluding hydrogens is 234 g/mol. The monoisotopic (exact) mass is 253 g/mol. The van der Waals surface area contributed by atoms with Crippen LogP contribution in [0.3, 0.4) is 0 Å². The van der Waals surface area contributed by atoms with Gasteiger partial charge in [0.2, 0.25) is 0 Å². The second kappa shape index (κ2) is 5.87. The van der Waals surface area contributed by atoms with Gasteiger partial charge in [0, 0.05) is 31.0 Å². The Morgan fingerprint density at radius 1 is 1.41 bits per heavy atom. The molecule has 0 aliphatic carbocycles. The van der Waals surface area contributed by atoms with E-state index < -0.39 is 5.60 Å². The van der Waals surface area contributed by atoms with E-state index in [2.05, 4.69) is 35.8 Å². The van der Waals surface area contributed by atoms with Crippen molar-refractivity contribution >= 4 is 11.8 Å². The number of hydrogen-bond donors (Lipinski definition) is 2. The number of benzene rings is 1. The van der Waals surface area contributed by atoms with Crippen molar-refractivity contribution in [1.29, 1.82) is 0 Å². The zero-order chi connectivity index (χ0) is 12.1. The summed E-state index contributed by atoms with van der Waals surface area (Å²) in [6.45, 7) is 2.50. The van der Waals surface area contributed by atoms with Gasteiger partial charge in [-0.1, -0.05) is 12.1 Å². The van der Waals surface area contributed by atoms with Gasteiger partial charge in [-0.3, -0.25) is 0 Å². The highest BCUT2D eigenvalue weighted by atomic mass is 32.2. The number of aliphatic hydroxyl groups is 1. The first-order chi connectivity index (χ1) is 8.22. The van der Waals surface area contributed by atoms with Crippen LogP contribution < -0.4 is 5.32 Å². The van der Waals surface area contributed by atoms with Crippen molar-refractivity contribution in [1.82, 2.24) is 5.32 Å². The molecule has 1 heterocycles. The summed E-state index contributed by atoms with van der Waals surface area (Å²) in [4.78, 5) is 1.27. The molecule has 94 valence electrons. The zero-order valence-corrected chi connectivity index (χ0v) is 10.9. The van der Waals surface area contributed by atoms with Gasteiger partial charge in [-0.2, -0.15) is 0 Å². The number of hydrogen-bond acceptors (Lipinski definition) is 4. The molecule has 4 heteroatoms. The Balaban J connectivity index is 1.77. The Bertz CT molecular complexity index is 347. The average Bonchev–Trinajstić information content (AvgIpc) is 2.77. The van der Waals surface area contributed by atoms with E-state index in [-0.39, 0.29) is 0 Å². The lowest BCUT2D eigenvalue weighted by Crippen LogP contribution is -2.40. The van der Waals surface area contributed by atoms with Gasteiger partial charge in [-0.15, -0.1) is 11.8 Å². The maximum Gasteiger partial charge on any atom is 0.102 e. The van der Waals surface area contributed by atoms with E-state index in [9.17, 15) is 5.11 Å². The summed E-state index contributed by atoms with van der Waals surface area (Å²) in [7, 11) is 0. The molecule has 2 rings (SSSR count). The molecule has 1 aromatic carbocycles. The molecule has 0 saturated carbocycles. The van der Waals surface area contributed by atoms with Gasteiger partial charge < -0.3 is 15.2 Å². The van der Waals surface area contributed by atoms with Crippen LogP contribution in [0.4, 0.5) is 0 Å². The minimum atomic E-state index is -0.667. The van der Waals surface area contributed by atoms with Gasteiger partial charge >= 0.3 is 0 Å². The van der Waals surface area contributed by atoms with E-state index >= 15 is 0 Å². The maximum absolute atomic E-state index is 10.1.